The first-order chi connectivity index (χ1) is 8.87. The Hall–Kier alpha value is -1.99. The van der Waals surface area contributed by atoms with Gasteiger partial charge in [0.25, 0.3) is 0 Å². The summed E-state index contributed by atoms with van der Waals surface area (Å²) >= 11 is 0. The lowest BCUT2D eigenvalue weighted by atomic mass is 10.2. The summed E-state index contributed by atoms with van der Waals surface area (Å²) in [6.45, 7) is 1.02. The zero-order valence-corrected chi connectivity index (χ0v) is 10.4. The van der Waals surface area contributed by atoms with E-state index < -0.39 is 12.7 Å². The van der Waals surface area contributed by atoms with Gasteiger partial charge in [0.05, 0.1) is 11.9 Å². The molecule has 8 heteroatoms. The average Bonchev–Trinajstić information content (AvgIpc) is 2.36. The second kappa shape index (κ2) is 6.26. The number of alkyl halides is 3. The van der Waals surface area contributed by atoms with Crippen LogP contribution in [0.15, 0.2) is 23.5 Å². The van der Waals surface area contributed by atoms with Crippen LogP contribution >= 0.6 is 0 Å². The highest BCUT2D eigenvalue weighted by molar-refractivity contribution is 5.95. The number of hydrogen-bond donors (Lipinski definition) is 2. The van der Waals surface area contributed by atoms with E-state index in [9.17, 15) is 13.2 Å². The van der Waals surface area contributed by atoms with Crippen LogP contribution in [0.5, 0.6) is 0 Å². The molecule has 19 heavy (non-hydrogen) atoms. The maximum atomic E-state index is 12.4. The van der Waals surface area contributed by atoms with E-state index in [4.69, 9.17) is 10.9 Å². The summed E-state index contributed by atoms with van der Waals surface area (Å²) in [5.41, 5.74) is 5.87. The fourth-order valence-corrected chi connectivity index (χ4v) is 1.56. The molecule has 0 aromatic carbocycles. The number of halogens is 3. The van der Waals surface area contributed by atoms with Crippen molar-refractivity contribution in [3.63, 3.8) is 0 Å². The first-order valence-electron chi connectivity index (χ1n) is 5.63. The third kappa shape index (κ3) is 4.65. The smallest absolute Gasteiger partial charge is 0.405 e. The molecule has 0 saturated heterocycles. The van der Waals surface area contributed by atoms with Gasteiger partial charge in [0.2, 0.25) is 0 Å². The summed E-state index contributed by atoms with van der Waals surface area (Å²) in [4.78, 5) is 5.04. The van der Waals surface area contributed by atoms with Gasteiger partial charge in [-0.15, -0.1) is 0 Å². The standard InChI is InChI=1S/C11H15F3N4O/c1-2-5-18(7-11(12,13)14)8-3-4-9(16-6-8)10(15)17-19/h3-4,6,19H,2,5,7H2,1H3,(H2,15,17). The van der Waals surface area contributed by atoms with Gasteiger partial charge < -0.3 is 15.8 Å². The molecule has 0 spiro atoms. The van der Waals surface area contributed by atoms with E-state index in [1.807, 2.05) is 0 Å². The van der Waals surface area contributed by atoms with Gasteiger partial charge in [-0.25, -0.2) is 0 Å². The van der Waals surface area contributed by atoms with Gasteiger partial charge in [0, 0.05) is 6.54 Å². The van der Waals surface area contributed by atoms with E-state index in [1.54, 1.807) is 6.92 Å². The summed E-state index contributed by atoms with van der Waals surface area (Å²) in [6.07, 6.45) is -2.42. The molecule has 0 bridgehead atoms. The van der Waals surface area contributed by atoms with E-state index >= 15 is 0 Å². The highest BCUT2D eigenvalue weighted by atomic mass is 19.4. The molecule has 0 aliphatic rings. The summed E-state index contributed by atoms with van der Waals surface area (Å²) in [7, 11) is 0. The summed E-state index contributed by atoms with van der Waals surface area (Å²) in [5, 5.41) is 11.2. The first kappa shape index (κ1) is 15.1. The Morgan fingerprint density at radius 3 is 2.58 bits per heavy atom. The molecule has 0 radical (unpaired) electrons. The van der Waals surface area contributed by atoms with Crippen LogP contribution in [0.1, 0.15) is 19.0 Å². The van der Waals surface area contributed by atoms with Crippen molar-refractivity contribution >= 4 is 11.5 Å². The van der Waals surface area contributed by atoms with Crippen molar-refractivity contribution in [1.82, 2.24) is 4.98 Å². The SMILES string of the molecule is CCCN(CC(F)(F)F)c1ccc(/C(N)=N/O)nc1. The Balaban J connectivity index is 2.91. The van der Waals surface area contributed by atoms with Gasteiger partial charge in [0.15, 0.2) is 5.84 Å². The molecule has 1 aromatic heterocycles. The van der Waals surface area contributed by atoms with Crippen molar-refractivity contribution in [3.8, 4) is 0 Å². The zero-order valence-electron chi connectivity index (χ0n) is 10.4. The molecule has 0 aliphatic carbocycles. The number of aromatic nitrogens is 1. The van der Waals surface area contributed by atoms with Crippen molar-refractivity contribution in [2.45, 2.75) is 19.5 Å². The second-order valence-electron chi connectivity index (χ2n) is 3.92. The quantitative estimate of drug-likeness (QED) is 0.373. The third-order valence-electron chi connectivity index (χ3n) is 2.35. The lowest BCUT2D eigenvalue weighted by Crippen LogP contribution is -2.35. The first-order valence-corrected chi connectivity index (χ1v) is 5.63. The largest absolute Gasteiger partial charge is 0.409 e. The molecule has 3 N–H and O–H groups in total. The molecule has 0 saturated carbocycles. The molecule has 0 atom stereocenters. The van der Waals surface area contributed by atoms with Crippen molar-refractivity contribution in [3.05, 3.63) is 24.0 Å². The summed E-state index contributed by atoms with van der Waals surface area (Å²) in [6, 6.07) is 2.87. The monoisotopic (exact) mass is 276 g/mol. The highest BCUT2D eigenvalue weighted by Crippen LogP contribution is 2.21. The number of hydrogen-bond acceptors (Lipinski definition) is 4. The van der Waals surface area contributed by atoms with E-state index in [2.05, 4.69) is 10.1 Å². The second-order valence-corrected chi connectivity index (χ2v) is 3.92. The molecule has 1 rings (SSSR count). The number of rotatable bonds is 5. The maximum Gasteiger partial charge on any atom is 0.405 e. The predicted octanol–water partition coefficient (Wildman–Crippen LogP) is 1.95. The van der Waals surface area contributed by atoms with Crippen LogP contribution < -0.4 is 10.6 Å². The lowest BCUT2D eigenvalue weighted by molar-refractivity contribution is -0.119. The van der Waals surface area contributed by atoms with Gasteiger partial charge in [0.1, 0.15) is 12.2 Å². The lowest BCUT2D eigenvalue weighted by Gasteiger charge is -2.25. The molecule has 106 valence electrons. The number of nitrogens with zero attached hydrogens (tertiary/aromatic N) is 3. The van der Waals surface area contributed by atoms with Crippen molar-refractivity contribution in [2.24, 2.45) is 10.9 Å². The molecule has 0 fully saturated rings. The molecular weight excluding hydrogens is 261 g/mol. The van der Waals surface area contributed by atoms with Gasteiger partial charge in [-0.2, -0.15) is 13.2 Å². The van der Waals surface area contributed by atoms with E-state index in [0.29, 0.717) is 12.1 Å². The molecule has 0 aliphatic heterocycles. The number of pyridine rings is 1. The van der Waals surface area contributed by atoms with Crippen LogP contribution in [-0.4, -0.2) is 35.3 Å². The van der Waals surface area contributed by atoms with Gasteiger partial charge in [-0.3, -0.25) is 4.98 Å². The minimum atomic E-state index is -4.28. The van der Waals surface area contributed by atoms with Crippen molar-refractivity contribution in [1.29, 1.82) is 0 Å². The number of oxime groups is 1. The summed E-state index contributed by atoms with van der Waals surface area (Å²) < 4.78 is 37.3. The molecule has 0 unspecified atom stereocenters. The molecule has 0 amide bonds. The van der Waals surface area contributed by atoms with Gasteiger partial charge in [-0.1, -0.05) is 12.1 Å². The highest BCUT2D eigenvalue weighted by Gasteiger charge is 2.30. The minimum Gasteiger partial charge on any atom is -0.409 e. The fraction of sp³-hybridized carbons (Fsp3) is 0.455. The third-order valence-corrected chi connectivity index (χ3v) is 2.35. The number of anilines is 1. The van der Waals surface area contributed by atoms with Crippen LogP contribution in [0.3, 0.4) is 0 Å². The number of nitrogens with two attached hydrogens (primary N) is 1. The predicted molar refractivity (Wildman–Crippen MR) is 65.3 cm³/mol. The molecule has 1 aromatic rings. The zero-order chi connectivity index (χ0) is 14.5. The van der Waals surface area contributed by atoms with Crippen LogP contribution in [-0.2, 0) is 0 Å². The average molecular weight is 276 g/mol. The molecule has 5 nitrogen and oxygen atoms in total. The van der Waals surface area contributed by atoms with Crippen molar-refractivity contribution in [2.75, 3.05) is 18.0 Å². The van der Waals surface area contributed by atoms with Crippen LogP contribution in [0.25, 0.3) is 0 Å². The van der Waals surface area contributed by atoms with Crippen molar-refractivity contribution < 1.29 is 18.4 Å². The normalized spacial score (nSPS) is 12.5. The molecular formula is C11H15F3N4O. The fourth-order valence-electron chi connectivity index (χ4n) is 1.56. The Morgan fingerprint density at radius 1 is 1.47 bits per heavy atom. The van der Waals surface area contributed by atoms with E-state index in [-0.39, 0.29) is 18.1 Å². The molecule has 1 heterocycles. The maximum absolute atomic E-state index is 12.4. The number of amidine groups is 1. The van der Waals surface area contributed by atoms with Crippen LogP contribution in [0.2, 0.25) is 0 Å². The van der Waals surface area contributed by atoms with E-state index in [0.717, 1.165) is 0 Å². The topological polar surface area (TPSA) is 74.7 Å². The van der Waals surface area contributed by atoms with Crippen LogP contribution in [0, 0.1) is 0 Å². The Kier molecular flexibility index (Phi) is 4.96. The van der Waals surface area contributed by atoms with Gasteiger partial charge >= 0.3 is 6.18 Å². The van der Waals surface area contributed by atoms with Crippen LogP contribution in [0.4, 0.5) is 18.9 Å². The summed E-state index contributed by atoms with van der Waals surface area (Å²) in [5.74, 6) is -0.190. The minimum absolute atomic E-state index is 0.190. The Labute approximate surface area is 108 Å². The Morgan fingerprint density at radius 2 is 2.16 bits per heavy atom. The van der Waals surface area contributed by atoms with Gasteiger partial charge in [-0.05, 0) is 18.6 Å². The Bertz CT molecular complexity index is 431. The van der Waals surface area contributed by atoms with E-state index in [1.165, 1.54) is 23.2 Å².